The third kappa shape index (κ3) is 5.59. The van der Waals surface area contributed by atoms with E-state index < -0.39 is 22.0 Å². The predicted molar refractivity (Wildman–Crippen MR) is 127 cm³/mol. The lowest BCUT2D eigenvalue weighted by atomic mass is 10.0. The van der Waals surface area contributed by atoms with Crippen LogP contribution in [0.25, 0.3) is 11.0 Å². The fourth-order valence-electron chi connectivity index (χ4n) is 4.02. The quantitative estimate of drug-likeness (QED) is 0.446. The third-order valence-electron chi connectivity index (χ3n) is 5.46. The lowest BCUT2D eigenvalue weighted by Gasteiger charge is -2.31. The van der Waals surface area contributed by atoms with Gasteiger partial charge < -0.3 is 9.30 Å². The first-order valence-electron chi connectivity index (χ1n) is 11.1. The number of hydrogen-bond donors (Lipinski definition) is 0. The number of imidazole rings is 1. The number of sulfonamides is 1. The van der Waals surface area contributed by atoms with Crippen LogP contribution in [-0.2, 0) is 26.1 Å². The molecule has 0 radical (unpaired) electrons. The lowest BCUT2D eigenvalue weighted by molar-refractivity contribution is -0.126. The van der Waals surface area contributed by atoms with Crippen LogP contribution in [0.2, 0.25) is 0 Å². The van der Waals surface area contributed by atoms with Crippen LogP contribution >= 0.6 is 0 Å². The molecule has 33 heavy (non-hydrogen) atoms. The van der Waals surface area contributed by atoms with Crippen molar-refractivity contribution in [3.05, 3.63) is 54.1 Å². The van der Waals surface area contributed by atoms with Crippen molar-refractivity contribution in [2.75, 3.05) is 13.2 Å². The van der Waals surface area contributed by atoms with E-state index >= 15 is 0 Å². The number of benzene rings is 1. The molecule has 0 saturated carbocycles. The SMILES string of the molecule is CCOC[C@H](CC(C)C)N(C(C)=O)S(=O)(=O)c1ccc(Cn2c(C)nc3cnccc32)cc1. The summed E-state index contributed by atoms with van der Waals surface area (Å²) in [6, 6.07) is 8.02. The van der Waals surface area contributed by atoms with E-state index in [-0.39, 0.29) is 17.4 Å². The Hall–Kier alpha value is -2.78. The van der Waals surface area contributed by atoms with Crippen LogP contribution in [-0.4, -0.2) is 52.4 Å². The van der Waals surface area contributed by atoms with Gasteiger partial charge in [-0.3, -0.25) is 9.78 Å². The summed E-state index contributed by atoms with van der Waals surface area (Å²) in [6.07, 6.45) is 3.97. The molecule has 0 unspecified atom stereocenters. The van der Waals surface area contributed by atoms with Crippen LogP contribution < -0.4 is 0 Å². The Morgan fingerprint density at radius 1 is 1.18 bits per heavy atom. The molecule has 178 valence electrons. The number of hydrogen-bond acceptors (Lipinski definition) is 6. The predicted octanol–water partition coefficient (Wildman–Crippen LogP) is 3.78. The molecule has 0 spiro atoms. The number of aryl methyl sites for hydroxylation is 1. The molecule has 0 bridgehead atoms. The summed E-state index contributed by atoms with van der Waals surface area (Å²) >= 11 is 0. The topological polar surface area (TPSA) is 94.4 Å². The van der Waals surface area contributed by atoms with Crippen molar-refractivity contribution in [1.29, 1.82) is 0 Å². The maximum Gasteiger partial charge on any atom is 0.266 e. The number of carbonyl (C=O) groups excluding carboxylic acids is 1. The van der Waals surface area contributed by atoms with Crippen LogP contribution in [0, 0.1) is 12.8 Å². The summed E-state index contributed by atoms with van der Waals surface area (Å²) in [4.78, 5) is 21.2. The summed E-state index contributed by atoms with van der Waals surface area (Å²) in [5.41, 5.74) is 2.71. The highest BCUT2D eigenvalue weighted by molar-refractivity contribution is 7.89. The van der Waals surface area contributed by atoms with Crippen molar-refractivity contribution in [3.8, 4) is 0 Å². The van der Waals surface area contributed by atoms with E-state index in [1.165, 1.54) is 6.92 Å². The van der Waals surface area contributed by atoms with Crippen molar-refractivity contribution >= 4 is 27.0 Å². The van der Waals surface area contributed by atoms with Crippen LogP contribution in [0.15, 0.2) is 47.6 Å². The van der Waals surface area contributed by atoms with E-state index in [4.69, 9.17) is 4.74 Å². The second kappa shape index (κ2) is 10.4. The number of amides is 1. The Balaban J connectivity index is 1.89. The van der Waals surface area contributed by atoms with Crippen molar-refractivity contribution in [1.82, 2.24) is 18.8 Å². The number of pyridine rings is 1. The van der Waals surface area contributed by atoms with E-state index in [2.05, 4.69) is 14.5 Å². The molecule has 1 amide bonds. The summed E-state index contributed by atoms with van der Waals surface area (Å²) < 4.78 is 35.4. The summed E-state index contributed by atoms with van der Waals surface area (Å²) in [5, 5.41) is 0. The fraction of sp³-hybridized carbons (Fsp3) is 0.458. The highest BCUT2D eigenvalue weighted by Gasteiger charge is 2.34. The van der Waals surface area contributed by atoms with Crippen LogP contribution in [0.1, 0.15) is 45.5 Å². The highest BCUT2D eigenvalue weighted by atomic mass is 32.2. The average Bonchev–Trinajstić information content (AvgIpc) is 3.06. The smallest absolute Gasteiger partial charge is 0.266 e. The summed E-state index contributed by atoms with van der Waals surface area (Å²) in [7, 11) is -4.02. The normalized spacial score (nSPS) is 12.9. The second-order valence-electron chi connectivity index (χ2n) is 8.52. The average molecular weight is 473 g/mol. The molecule has 0 aliphatic rings. The molecule has 0 saturated heterocycles. The van der Waals surface area contributed by atoms with Gasteiger partial charge in [0, 0.05) is 26.3 Å². The van der Waals surface area contributed by atoms with Crippen molar-refractivity contribution in [3.63, 3.8) is 0 Å². The molecule has 0 aliphatic carbocycles. The number of ether oxygens (including phenoxy) is 1. The molecule has 8 nitrogen and oxygen atoms in total. The number of carbonyl (C=O) groups is 1. The fourth-order valence-corrected chi connectivity index (χ4v) is 5.60. The molecule has 2 heterocycles. The molecule has 9 heteroatoms. The first kappa shape index (κ1) is 24.9. The zero-order valence-corrected chi connectivity index (χ0v) is 20.7. The van der Waals surface area contributed by atoms with Crippen molar-refractivity contribution in [2.45, 2.75) is 58.5 Å². The largest absolute Gasteiger partial charge is 0.380 e. The van der Waals surface area contributed by atoms with Gasteiger partial charge in [-0.2, -0.15) is 0 Å². The van der Waals surface area contributed by atoms with Gasteiger partial charge in [0.15, 0.2) is 0 Å². The standard InChI is InChI=1S/C24H32N4O4S/c1-6-32-16-21(13-17(2)3)28(19(5)29)33(30,31)22-9-7-20(8-10-22)15-27-18(4)26-23-14-25-12-11-24(23)27/h7-12,14,17,21H,6,13,15-16H2,1-5H3/t21-/m0/s1. The van der Waals surface area contributed by atoms with Crippen molar-refractivity contribution < 1.29 is 17.9 Å². The van der Waals surface area contributed by atoms with Gasteiger partial charge in [-0.1, -0.05) is 26.0 Å². The summed E-state index contributed by atoms with van der Waals surface area (Å²) in [6.45, 7) is 10.2. The molecule has 1 atom stereocenters. The maximum absolute atomic E-state index is 13.4. The van der Waals surface area contributed by atoms with Gasteiger partial charge >= 0.3 is 0 Å². The Labute approximate surface area is 195 Å². The minimum absolute atomic E-state index is 0.0862. The number of fused-ring (bicyclic) bond motifs is 1. The van der Waals surface area contributed by atoms with Crippen molar-refractivity contribution in [2.24, 2.45) is 5.92 Å². The Bertz CT molecular complexity index is 1200. The molecule has 0 fully saturated rings. The number of rotatable bonds is 10. The molecule has 3 rings (SSSR count). The zero-order chi connectivity index (χ0) is 24.2. The Morgan fingerprint density at radius 2 is 1.88 bits per heavy atom. The second-order valence-corrected chi connectivity index (χ2v) is 10.3. The van der Waals surface area contributed by atoms with Crippen LogP contribution in [0.3, 0.4) is 0 Å². The molecule has 0 N–H and O–H groups in total. The molecule has 3 aromatic rings. The van der Waals surface area contributed by atoms with Gasteiger partial charge in [-0.25, -0.2) is 17.7 Å². The van der Waals surface area contributed by atoms with Crippen LogP contribution in [0.5, 0.6) is 0 Å². The first-order chi connectivity index (χ1) is 15.6. The minimum atomic E-state index is -4.02. The molecule has 2 aromatic heterocycles. The monoisotopic (exact) mass is 472 g/mol. The van der Waals surface area contributed by atoms with Gasteiger partial charge in [0.2, 0.25) is 5.91 Å². The Kier molecular flexibility index (Phi) is 7.86. The Morgan fingerprint density at radius 3 is 2.48 bits per heavy atom. The minimum Gasteiger partial charge on any atom is -0.380 e. The molecular formula is C24H32N4O4S. The molecule has 1 aromatic carbocycles. The molecular weight excluding hydrogens is 440 g/mol. The van der Waals surface area contributed by atoms with Crippen LogP contribution in [0.4, 0.5) is 0 Å². The third-order valence-corrected chi connectivity index (χ3v) is 7.40. The van der Waals surface area contributed by atoms with Gasteiger partial charge in [0.1, 0.15) is 11.3 Å². The first-order valence-corrected chi connectivity index (χ1v) is 12.6. The number of aromatic nitrogens is 3. The summed E-state index contributed by atoms with van der Waals surface area (Å²) in [5.74, 6) is 0.543. The zero-order valence-electron chi connectivity index (χ0n) is 19.9. The van der Waals surface area contributed by atoms with Gasteiger partial charge in [-0.05, 0) is 49.9 Å². The van der Waals surface area contributed by atoms with E-state index in [9.17, 15) is 13.2 Å². The van der Waals surface area contributed by atoms with Gasteiger partial charge in [0.25, 0.3) is 10.0 Å². The van der Waals surface area contributed by atoms with E-state index in [0.29, 0.717) is 19.6 Å². The highest BCUT2D eigenvalue weighted by Crippen LogP contribution is 2.24. The van der Waals surface area contributed by atoms with E-state index in [1.54, 1.807) is 36.7 Å². The lowest BCUT2D eigenvalue weighted by Crippen LogP contribution is -2.46. The number of nitrogens with zero attached hydrogens (tertiary/aromatic N) is 4. The molecule has 0 aliphatic heterocycles. The van der Waals surface area contributed by atoms with Gasteiger partial charge in [0.05, 0.1) is 29.3 Å². The maximum atomic E-state index is 13.4. The van der Waals surface area contributed by atoms with Gasteiger partial charge in [-0.15, -0.1) is 0 Å². The van der Waals surface area contributed by atoms with E-state index in [0.717, 1.165) is 26.7 Å². The van der Waals surface area contributed by atoms with E-state index in [1.807, 2.05) is 33.8 Å².